The SMILES string of the molecule is CCOC(=O)CC(NC(=O)CCC(=O)N1CCOc2ccccc21)c1ccccc1. The van der Waals surface area contributed by atoms with Gasteiger partial charge in [0.2, 0.25) is 11.8 Å². The number of fused-ring (bicyclic) bond motifs is 1. The van der Waals surface area contributed by atoms with Crippen LogP contribution in [-0.2, 0) is 19.1 Å². The van der Waals surface area contributed by atoms with Crippen molar-refractivity contribution in [1.29, 1.82) is 0 Å². The van der Waals surface area contributed by atoms with Crippen molar-refractivity contribution in [3.05, 3.63) is 60.2 Å². The minimum Gasteiger partial charge on any atom is -0.490 e. The highest BCUT2D eigenvalue weighted by Crippen LogP contribution is 2.31. The Morgan fingerprint density at radius 2 is 1.80 bits per heavy atom. The van der Waals surface area contributed by atoms with Crippen molar-refractivity contribution in [3.8, 4) is 5.75 Å². The van der Waals surface area contributed by atoms with Crippen LogP contribution < -0.4 is 15.0 Å². The zero-order valence-electron chi connectivity index (χ0n) is 17.0. The molecule has 0 spiro atoms. The average Bonchev–Trinajstić information content (AvgIpc) is 2.77. The Morgan fingerprint density at radius 3 is 2.57 bits per heavy atom. The predicted octanol–water partition coefficient (Wildman–Crippen LogP) is 3.00. The van der Waals surface area contributed by atoms with Gasteiger partial charge in [0.15, 0.2) is 0 Å². The van der Waals surface area contributed by atoms with Gasteiger partial charge in [0.25, 0.3) is 0 Å². The fourth-order valence-corrected chi connectivity index (χ4v) is 3.37. The summed E-state index contributed by atoms with van der Waals surface area (Å²) in [7, 11) is 0. The number of nitrogens with zero attached hydrogens (tertiary/aromatic N) is 1. The molecule has 0 saturated carbocycles. The normalized spacial score (nSPS) is 13.6. The highest BCUT2D eigenvalue weighted by atomic mass is 16.5. The molecule has 2 aromatic rings. The first-order chi connectivity index (χ1) is 14.6. The van der Waals surface area contributed by atoms with E-state index in [-0.39, 0.29) is 43.7 Å². The Balaban J connectivity index is 1.59. The van der Waals surface area contributed by atoms with Crippen LogP contribution in [0, 0.1) is 0 Å². The topological polar surface area (TPSA) is 84.9 Å². The molecule has 0 fully saturated rings. The molecule has 0 bridgehead atoms. The fourth-order valence-electron chi connectivity index (χ4n) is 3.37. The zero-order valence-corrected chi connectivity index (χ0v) is 17.0. The Hall–Kier alpha value is -3.35. The average molecular weight is 410 g/mol. The molecule has 1 atom stereocenters. The van der Waals surface area contributed by atoms with Gasteiger partial charge in [0.1, 0.15) is 12.4 Å². The highest BCUT2D eigenvalue weighted by molar-refractivity contribution is 5.97. The van der Waals surface area contributed by atoms with Crippen LogP contribution in [0.3, 0.4) is 0 Å². The van der Waals surface area contributed by atoms with Crippen molar-refractivity contribution in [2.75, 3.05) is 24.7 Å². The van der Waals surface area contributed by atoms with Gasteiger partial charge in [-0.25, -0.2) is 0 Å². The van der Waals surface area contributed by atoms with E-state index >= 15 is 0 Å². The van der Waals surface area contributed by atoms with E-state index in [1.54, 1.807) is 11.8 Å². The molecule has 1 unspecified atom stereocenters. The molecule has 7 nitrogen and oxygen atoms in total. The first-order valence-electron chi connectivity index (χ1n) is 10.1. The van der Waals surface area contributed by atoms with Crippen molar-refractivity contribution in [2.45, 2.75) is 32.2 Å². The van der Waals surface area contributed by atoms with Crippen LogP contribution in [-0.4, -0.2) is 37.5 Å². The van der Waals surface area contributed by atoms with E-state index in [1.165, 1.54) is 0 Å². The maximum absolute atomic E-state index is 12.7. The van der Waals surface area contributed by atoms with Crippen molar-refractivity contribution >= 4 is 23.5 Å². The van der Waals surface area contributed by atoms with Gasteiger partial charge in [-0.05, 0) is 24.6 Å². The largest absolute Gasteiger partial charge is 0.490 e. The van der Waals surface area contributed by atoms with Gasteiger partial charge in [0, 0.05) is 12.8 Å². The van der Waals surface area contributed by atoms with Crippen LogP contribution in [0.4, 0.5) is 5.69 Å². The van der Waals surface area contributed by atoms with E-state index in [9.17, 15) is 14.4 Å². The van der Waals surface area contributed by atoms with E-state index in [0.29, 0.717) is 18.9 Å². The quantitative estimate of drug-likeness (QED) is 0.677. The van der Waals surface area contributed by atoms with Crippen LogP contribution in [0.2, 0.25) is 0 Å². The van der Waals surface area contributed by atoms with Gasteiger partial charge in [-0.1, -0.05) is 42.5 Å². The monoisotopic (exact) mass is 410 g/mol. The summed E-state index contributed by atoms with van der Waals surface area (Å²) in [5, 5.41) is 2.86. The van der Waals surface area contributed by atoms with Crippen LogP contribution in [0.5, 0.6) is 5.75 Å². The number of benzene rings is 2. The lowest BCUT2D eigenvalue weighted by molar-refractivity contribution is -0.144. The number of carbonyl (C=O) groups excluding carboxylic acids is 3. The van der Waals surface area contributed by atoms with Crippen LogP contribution in [0.1, 0.15) is 37.8 Å². The minimum atomic E-state index is -0.503. The summed E-state index contributed by atoms with van der Waals surface area (Å²) >= 11 is 0. The molecule has 0 aliphatic carbocycles. The lowest BCUT2D eigenvalue weighted by Gasteiger charge is -2.29. The summed E-state index contributed by atoms with van der Waals surface area (Å²) in [5.74, 6) is -0.140. The van der Waals surface area contributed by atoms with Crippen molar-refractivity contribution in [2.24, 2.45) is 0 Å². The molecule has 1 aliphatic rings. The van der Waals surface area contributed by atoms with Gasteiger partial charge in [-0.2, -0.15) is 0 Å². The van der Waals surface area contributed by atoms with Gasteiger partial charge in [0.05, 0.1) is 31.3 Å². The fraction of sp³-hybridized carbons (Fsp3) is 0.348. The molecule has 30 heavy (non-hydrogen) atoms. The molecule has 3 rings (SSSR count). The molecule has 1 heterocycles. The zero-order chi connectivity index (χ0) is 21.3. The summed E-state index contributed by atoms with van der Waals surface area (Å²) in [5.41, 5.74) is 1.53. The summed E-state index contributed by atoms with van der Waals surface area (Å²) in [4.78, 5) is 38.8. The minimum absolute atomic E-state index is 0.0323. The third kappa shape index (κ3) is 5.59. The second-order valence-corrected chi connectivity index (χ2v) is 6.90. The predicted molar refractivity (Wildman–Crippen MR) is 112 cm³/mol. The second-order valence-electron chi connectivity index (χ2n) is 6.90. The van der Waals surface area contributed by atoms with Crippen LogP contribution >= 0.6 is 0 Å². The summed E-state index contributed by atoms with van der Waals surface area (Å²) in [6, 6.07) is 16.1. The number of hydrogen-bond donors (Lipinski definition) is 1. The van der Waals surface area contributed by atoms with E-state index in [4.69, 9.17) is 9.47 Å². The van der Waals surface area contributed by atoms with Crippen LogP contribution in [0.15, 0.2) is 54.6 Å². The smallest absolute Gasteiger partial charge is 0.308 e. The van der Waals surface area contributed by atoms with Gasteiger partial charge < -0.3 is 19.7 Å². The Kier molecular flexibility index (Phi) is 7.43. The van der Waals surface area contributed by atoms with Gasteiger partial charge >= 0.3 is 5.97 Å². The summed E-state index contributed by atoms with van der Waals surface area (Å²) in [6.07, 6.45) is 0.139. The highest BCUT2D eigenvalue weighted by Gasteiger charge is 2.24. The first-order valence-corrected chi connectivity index (χ1v) is 10.1. The number of amides is 2. The molecule has 2 amide bonds. The maximum Gasteiger partial charge on any atom is 0.308 e. The summed E-state index contributed by atoms with van der Waals surface area (Å²) < 4.78 is 10.6. The second kappa shape index (κ2) is 10.4. The molecule has 0 radical (unpaired) electrons. The summed E-state index contributed by atoms with van der Waals surface area (Å²) in [6.45, 7) is 2.89. The molecular weight excluding hydrogens is 384 g/mol. The van der Waals surface area contributed by atoms with E-state index in [2.05, 4.69) is 5.32 Å². The molecule has 1 N–H and O–H groups in total. The van der Waals surface area contributed by atoms with E-state index in [1.807, 2.05) is 54.6 Å². The third-order valence-corrected chi connectivity index (χ3v) is 4.81. The molecular formula is C23H26N2O5. The van der Waals surface area contributed by atoms with Crippen molar-refractivity contribution < 1.29 is 23.9 Å². The number of para-hydroxylation sites is 2. The molecule has 1 aliphatic heterocycles. The number of nitrogens with one attached hydrogen (secondary N) is 1. The van der Waals surface area contributed by atoms with E-state index in [0.717, 1.165) is 11.3 Å². The lowest BCUT2D eigenvalue weighted by atomic mass is 10.0. The number of anilines is 1. The van der Waals surface area contributed by atoms with Crippen molar-refractivity contribution in [1.82, 2.24) is 5.32 Å². The van der Waals surface area contributed by atoms with Gasteiger partial charge in [-0.15, -0.1) is 0 Å². The molecule has 7 heteroatoms. The number of ether oxygens (including phenoxy) is 2. The molecule has 158 valence electrons. The molecule has 0 saturated heterocycles. The Labute approximate surface area is 176 Å². The standard InChI is InChI=1S/C23H26N2O5/c1-2-29-23(28)16-18(17-8-4-3-5-9-17)24-21(26)12-13-22(27)25-14-15-30-20-11-7-6-10-19(20)25/h3-11,18H,2,12-16H2,1H3,(H,24,26). The maximum atomic E-state index is 12.7. The number of esters is 1. The number of hydrogen-bond acceptors (Lipinski definition) is 5. The molecule has 2 aromatic carbocycles. The number of carbonyl (C=O) groups is 3. The van der Waals surface area contributed by atoms with Crippen LogP contribution in [0.25, 0.3) is 0 Å². The van der Waals surface area contributed by atoms with E-state index < -0.39 is 6.04 Å². The van der Waals surface area contributed by atoms with Gasteiger partial charge in [-0.3, -0.25) is 14.4 Å². The Bertz CT molecular complexity index is 884. The Morgan fingerprint density at radius 1 is 1.07 bits per heavy atom. The van der Waals surface area contributed by atoms with Crippen molar-refractivity contribution in [3.63, 3.8) is 0 Å². The first kappa shape index (κ1) is 21.4. The number of rotatable bonds is 8. The lowest BCUT2D eigenvalue weighted by Crippen LogP contribution is -2.38. The molecule has 0 aromatic heterocycles. The third-order valence-electron chi connectivity index (χ3n) is 4.81.